The molecule has 182 valence electrons. The zero-order valence-electron chi connectivity index (χ0n) is 19.7. The van der Waals surface area contributed by atoms with Crippen molar-refractivity contribution in [2.75, 3.05) is 44.6 Å². The van der Waals surface area contributed by atoms with Crippen LogP contribution in [0.5, 0.6) is 0 Å². The lowest BCUT2D eigenvalue weighted by atomic mass is 10.1. The number of aryl methyl sites for hydroxylation is 2. The van der Waals surface area contributed by atoms with Gasteiger partial charge in [0, 0.05) is 37.3 Å². The van der Waals surface area contributed by atoms with Gasteiger partial charge in [-0.15, -0.1) is 0 Å². The minimum atomic E-state index is -0.572. The van der Waals surface area contributed by atoms with E-state index in [1.807, 2.05) is 36.9 Å². The van der Waals surface area contributed by atoms with Gasteiger partial charge >= 0.3 is 5.97 Å². The van der Waals surface area contributed by atoms with Crippen molar-refractivity contribution >= 4 is 46.0 Å². The van der Waals surface area contributed by atoms with Crippen LogP contribution < -0.4 is 5.32 Å². The molecule has 1 aliphatic heterocycles. The van der Waals surface area contributed by atoms with Gasteiger partial charge in [-0.05, 0) is 55.3 Å². The Hall–Kier alpha value is -3.49. The number of hydrogen-bond donors (Lipinski definition) is 1. The summed E-state index contributed by atoms with van der Waals surface area (Å²) in [5, 5.41) is 4.13. The second-order valence-electron chi connectivity index (χ2n) is 8.59. The fourth-order valence-corrected chi connectivity index (χ4v) is 4.23. The second-order valence-corrected chi connectivity index (χ2v) is 8.98. The van der Waals surface area contributed by atoms with E-state index in [0.717, 1.165) is 22.2 Å². The fraction of sp³-hybridized carbons (Fsp3) is 0.308. The highest BCUT2D eigenvalue weighted by Crippen LogP contribution is 2.20. The third-order valence-corrected chi connectivity index (χ3v) is 6.27. The molecule has 0 bridgehead atoms. The number of benzene rings is 2. The van der Waals surface area contributed by atoms with Gasteiger partial charge < -0.3 is 15.0 Å². The predicted octanol–water partition coefficient (Wildman–Crippen LogP) is 3.44. The second kappa shape index (κ2) is 10.8. The van der Waals surface area contributed by atoms with Gasteiger partial charge in [0.05, 0.1) is 17.6 Å². The van der Waals surface area contributed by atoms with Crippen molar-refractivity contribution in [1.29, 1.82) is 0 Å². The number of amides is 2. The Bertz CT molecular complexity index is 1250. The van der Waals surface area contributed by atoms with Crippen LogP contribution in [0.3, 0.4) is 0 Å². The van der Waals surface area contributed by atoms with E-state index in [9.17, 15) is 14.4 Å². The maximum atomic E-state index is 12.6. The monoisotopic (exact) mass is 494 g/mol. The van der Waals surface area contributed by atoms with Gasteiger partial charge in [-0.2, -0.15) is 0 Å². The van der Waals surface area contributed by atoms with Crippen molar-refractivity contribution < 1.29 is 19.1 Å². The highest BCUT2D eigenvalue weighted by atomic mass is 35.5. The third-order valence-electron chi connectivity index (χ3n) is 6.06. The molecule has 1 aliphatic rings. The van der Waals surface area contributed by atoms with Crippen molar-refractivity contribution in [1.82, 2.24) is 14.8 Å². The summed E-state index contributed by atoms with van der Waals surface area (Å²) in [6.45, 7) is 5.93. The summed E-state index contributed by atoms with van der Waals surface area (Å²) in [6.07, 6.45) is 0. The van der Waals surface area contributed by atoms with Crippen LogP contribution >= 0.6 is 11.6 Å². The fourth-order valence-electron chi connectivity index (χ4n) is 4.08. The molecule has 2 aromatic carbocycles. The Morgan fingerprint density at radius 2 is 1.71 bits per heavy atom. The maximum absolute atomic E-state index is 12.6. The number of esters is 1. The first-order chi connectivity index (χ1) is 16.8. The first-order valence-corrected chi connectivity index (χ1v) is 11.8. The van der Waals surface area contributed by atoms with Crippen LogP contribution in [0.4, 0.5) is 5.69 Å². The Morgan fingerprint density at radius 3 is 2.43 bits per heavy atom. The Morgan fingerprint density at radius 1 is 1.00 bits per heavy atom. The Labute approximate surface area is 208 Å². The number of piperazine rings is 1. The zero-order valence-corrected chi connectivity index (χ0v) is 20.5. The molecule has 9 heteroatoms. The van der Waals surface area contributed by atoms with Gasteiger partial charge in [0.2, 0.25) is 5.91 Å². The average molecular weight is 495 g/mol. The van der Waals surface area contributed by atoms with Crippen LogP contribution in [0.15, 0.2) is 48.5 Å². The largest absolute Gasteiger partial charge is 0.452 e. The molecule has 2 amide bonds. The van der Waals surface area contributed by atoms with Crippen LogP contribution in [-0.4, -0.2) is 71.9 Å². The number of carbonyl (C=O) groups excluding carboxylic acids is 3. The molecule has 1 saturated heterocycles. The number of nitrogens with one attached hydrogen (secondary N) is 1. The number of carbonyl (C=O) groups is 3. The van der Waals surface area contributed by atoms with E-state index in [-0.39, 0.29) is 25.0 Å². The van der Waals surface area contributed by atoms with Gasteiger partial charge in [0.1, 0.15) is 5.15 Å². The van der Waals surface area contributed by atoms with Crippen LogP contribution in [0.2, 0.25) is 5.15 Å². The van der Waals surface area contributed by atoms with Crippen molar-refractivity contribution in [3.8, 4) is 0 Å². The van der Waals surface area contributed by atoms with Crippen LogP contribution in [0, 0.1) is 13.8 Å². The van der Waals surface area contributed by atoms with Crippen molar-refractivity contribution in [3.63, 3.8) is 0 Å². The van der Waals surface area contributed by atoms with E-state index in [2.05, 4.69) is 10.3 Å². The molecule has 1 aromatic heterocycles. The van der Waals surface area contributed by atoms with Gasteiger partial charge in [0.25, 0.3) is 5.91 Å². The first kappa shape index (κ1) is 24.6. The van der Waals surface area contributed by atoms with E-state index in [4.69, 9.17) is 16.3 Å². The molecule has 8 nitrogen and oxygen atoms in total. The highest BCUT2D eigenvalue weighted by molar-refractivity contribution is 6.29. The minimum Gasteiger partial charge on any atom is -0.452 e. The molecule has 4 rings (SSSR count). The third kappa shape index (κ3) is 6.15. The normalized spacial score (nSPS) is 14.1. The number of rotatable bonds is 6. The number of para-hydroxylation sites is 1. The van der Waals surface area contributed by atoms with E-state index < -0.39 is 5.97 Å². The quantitative estimate of drug-likeness (QED) is 0.417. The summed E-state index contributed by atoms with van der Waals surface area (Å²) in [4.78, 5) is 45.3. The van der Waals surface area contributed by atoms with Gasteiger partial charge in [0.15, 0.2) is 6.61 Å². The molecule has 0 aliphatic carbocycles. The van der Waals surface area contributed by atoms with E-state index in [0.29, 0.717) is 42.4 Å². The number of hydrogen-bond acceptors (Lipinski definition) is 6. The van der Waals surface area contributed by atoms with Crippen molar-refractivity contribution in [3.05, 3.63) is 70.4 Å². The smallest absolute Gasteiger partial charge is 0.338 e. The van der Waals surface area contributed by atoms with Crippen LogP contribution in [-0.2, 0) is 14.3 Å². The number of halogens is 1. The summed E-state index contributed by atoms with van der Waals surface area (Å²) in [5.41, 5.74) is 3.90. The molecular weight excluding hydrogens is 468 g/mol. The number of anilines is 1. The average Bonchev–Trinajstić information content (AvgIpc) is 2.84. The van der Waals surface area contributed by atoms with Crippen molar-refractivity contribution in [2.24, 2.45) is 0 Å². The summed E-state index contributed by atoms with van der Waals surface area (Å²) in [5.74, 6) is -0.909. The number of ether oxygens (including phenoxy) is 1. The molecule has 1 fully saturated rings. The molecular formula is C26H27ClN4O4. The molecule has 2 heterocycles. The SMILES string of the molecule is Cc1cccc(C)c1NC(=O)CN1CCN(C(=O)COC(=O)c2ccc3nc(Cl)ccc3c2)CC1. The highest BCUT2D eigenvalue weighted by Gasteiger charge is 2.24. The molecule has 35 heavy (non-hydrogen) atoms. The number of pyridine rings is 1. The van der Waals surface area contributed by atoms with Crippen LogP contribution in [0.25, 0.3) is 10.9 Å². The lowest BCUT2D eigenvalue weighted by molar-refractivity contribution is -0.136. The van der Waals surface area contributed by atoms with Gasteiger partial charge in [-0.1, -0.05) is 29.8 Å². The van der Waals surface area contributed by atoms with E-state index >= 15 is 0 Å². The zero-order chi connectivity index (χ0) is 24.9. The molecule has 0 atom stereocenters. The Balaban J connectivity index is 1.23. The standard InChI is InChI=1S/C26H27ClN4O4/c1-17-4-3-5-18(2)25(17)29-23(32)15-30-10-12-31(13-11-30)24(33)16-35-26(34)20-6-8-21-19(14-20)7-9-22(27)28-21/h3-9,14H,10-13,15-16H2,1-2H3,(H,29,32). The molecule has 3 aromatic rings. The molecule has 0 radical (unpaired) electrons. The summed E-state index contributed by atoms with van der Waals surface area (Å²) in [6, 6.07) is 14.3. The lowest BCUT2D eigenvalue weighted by Gasteiger charge is -2.34. The number of nitrogens with zero attached hydrogens (tertiary/aromatic N) is 3. The van der Waals surface area contributed by atoms with E-state index in [1.165, 1.54) is 0 Å². The number of aromatic nitrogens is 1. The summed E-state index contributed by atoms with van der Waals surface area (Å²) >= 11 is 5.89. The molecule has 0 spiro atoms. The summed E-state index contributed by atoms with van der Waals surface area (Å²) < 4.78 is 5.24. The Kier molecular flexibility index (Phi) is 7.63. The topological polar surface area (TPSA) is 91.8 Å². The van der Waals surface area contributed by atoms with Gasteiger partial charge in [-0.3, -0.25) is 14.5 Å². The minimum absolute atomic E-state index is 0.0797. The van der Waals surface area contributed by atoms with Crippen LogP contribution in [0.1, 0.15) is 21.5 Å². The molecule has 0 unspecified atom stereocenters. The van der Waals surface area contributed by atoms with Crippen molar-refractivity contribution in [2.45, 2.75) is 13.8 Å². The first-order valence-electron chi connectivity index (χ1n) is 11.4. The lowest BCUT2D eigenvalue weighted by Crippen LogP contribution is -2.51. The summed E-state index contributed by atoms with van der Waals surface area (Å²) in [7, 11) is 0. The van der Waals surface area contributed by atoms with Gasteiger partial charge in [-0.25, -0.2) is 9.78 Å². The molecule has 1 N–H and O–H groups in total. The predicted molar refractivity (Wildman–Crippen MR) is 135 cm³/mol. The maximum Gasteiger partial charge on any atom is 0.338 e. The van der Waals surface area contributed by atoms with E-state index in [1.54, 1.807) is 35.2 Å². The molecule has 0 saturated carbocycles. The number of fused-ring (bicyclic) bond motifs is 1.